The summed E-state index contributed by atoms with van der Waals surface area (Å²) in [4.78, 5) is 9.16. The maximum Gasteiger partial charge on any atom is 0.238 e. The Hall–Kier alpha value is -1.42. The number of rotatable bonds is 6. The number of nitrogens with two attached hydrogens (primary N) is 1. The number of sulfonamides is 1. The predicted molar refractivity (Wildman–Crippen MR) is 97.8 cm³/mol. The Morgan fingerprint density at radius 1 is 1.33 bits per heavy atom. The third-order valence-electron chi connectivity index (χ3n) is 3.48. The lowest BCUT2D eigenvalue weighted by Gasteiger charge is -2.06. The van der Waals surface area contributed by atoms with Crippen molar-refractivity contribution in [2.45, 2.75) is 42.6 Å². The van der Waals surface area contributed by atoms with Gasteiger partial charge in [0.1, 0.15) is 0 Å². The largest absolute Gasteiger partial charge is 0.319 e. The SMILES string of the molecule is CCCn1c(SCc2csc(C)n2)nc2cc(S(N)(=O)=O)ccc21. The Balaban J connectivity index is 1.97. The number of imidazole rings is 1. The smallest absolute Gasteiger partial charge is 0.238 e. The van der Waals surface area contributed by atoms with Gasteiger partial charge in [-0.15, -0.1) is 11.3 Å². The number of aryl methyl sites for hydroxylation is 2. The number of fused-ring (bicyclic) bond motifs is 1. The second-order valence-electron chi connectivity index (χ2n) is 5.39. The van der Waals surface area contributed by atoms with E-state index in [-0.39, 0.29) is 4.90 Å². The molecule has 0 fully saturated rings. The lowest BCUT2D eigenvalue weighted by Crippen LogP contribution is -2.11. The fourth-order valence-electron chi connectivity index (χ4n) is 2.43. The lowest BCUT2D eigenvalue weighted by atomic mass is 10.3. The van der Waals surface area contributed by atoms with E-state index >= 15 is 0 Å². The van der Waals surface area contributed by atoms with E-state index in [0.717, 1.165) is 40.1 Å². The van der Waals surface area contributed by atoms with Crippen LogP contribution in [0.3, 0.4) is 0 Å². The molecular weight excluding hydrogens is 364 g/mol. The molecule has 0 aliphatic heterocycles. The molecule has 2 N–H and O–H groups in total. The van der Waals surface area contributed by atoms with Gasteiger partial charge in [-0.3, -0.25) is 0 Å². The average molecular weight is 383 g/mol. The molecule has 24 heavy (non-hydrogen) atoms. The van der Waals surface area contributed by atoms with E-state index in [2.05, 4.69) is 21.5 Å². The first kappa shape index (κ1) is 17.4. The third kappa shape index (κ3) is 3.64. The van der Waals surface area contributed by atoms with E-state index in [1.807, 2.05) is 12.3 Å². The monoisotopic (exact) mass is 382 g/mol. The number of thiazole rings is 1. The number of nitrogens with zero attached hydrogens (tertiary/aromatic N) is 3. The molecule has 0 saturated carbocycles. The van der Waals surface area contributed by atoms with E-state index in [0.29, 0.717) is 5.52 Å². The van der Waals surface area contributed by atoms with Crippen LogP contribution in [-0.2, 0) is 22.3 Å². The third-order valence-corrected chi connectivity index (χ3v) is 6.22. The summed E-state index contributed by atoms with van der Waals surface area (Å²) in [5.74, 6) is 0.736. The van der Waals surface area contributed by atoms with E-state index in [9.17, 15) is 8.42 Å². The van der Waals surface area contributed by atoms with Gasteiger partial charge in [-0.1, -0.05) is 18.7 Å². The van der Waals surface area contributed by atoms with Gasteiger partial charge in [0.2, 0.25) is 10.0 Å². The standard InChI is InChI=1S/C15H18N4O2S3/c1-3-6-19-14-5-4-12(24(16,20)21)7-13(14)18-15(19)23-9-11-8-22-10(2)17-11/h4-5,7-8H,3,6,9H2,1-2H3,(H2,16,20,21). The number of thioether (sulfide) groups is 1. The molecule has 0 aliphatic rings. The van der Waals surface area contributed by atoms with Crippen molar-refractivity contribution in [2.24, 2.45) is 5.14 Å². The molecule has 128 valence electrons. The van der Waals surface area contributed by atoms with Gasteiger partial charge in [0, 0.05) is 17.7 Å². The van der Waals surface area contributed by atoms with Crippen molar-refractivity contribution in [2.75, 3.05) is 0 Å². The minimum atomic E-state index is -3.73. The van der Waals surface area contributed by atoms with Crippen LogP contribution in [0.4, 0.5) is 0 Å². The lowest BCUT2D eigenvalue weighted by molar-refractivity contribution is 0.598. The Morgan fingerprint density at radius 2 is 2.12 bits per heavy atom. The summed E-state index contributed by atoms with van der Waals surface area (Å²) in [6.45, 7) is 4.91. The Kier molecular flexibility index (Phi) is 4.95. The predicted octanol–water partition coefficient (Wildman–Crippen LogP) is 3.15. The Bertz CT molecular complexity index is 976. The molecule has 3 rings (SSSR count). The molecule has 6 nitrogen and oxygen atoms in total. The Labute approximate surface area is 149 Å². The summed E-state index contributed by atoms with van der Waals surface area (Å²) in [5.41, 5.74) is 2.59. The molecule has 0 atom stereocenters. The molecule has 3 aromatic rings. The summed E-state index contributed by atoms with van der Waals surface area (Å²) in [7, 11) is -3.73. The van der Waals surface area contributed by atoms with Gasteiger partial charge in [-0.2, -0.15) is 0 Å². The molecule has 0 spiro atoms. The van der Waals surface area contributed by atoms with Gasteiger partial charge in [-0.25, -0.2) is 23.5 Å². The fourth-order valence-corrected chi connectivity index (χ4v) is 4.61. The normalized spacial score (nSPS) is 12.1. The van der Waals surface area contributed by atoms with Crippen LogP contribution < -0.4 is 5.14 Å². The van der Waals surface area contributed by atoms with E-state index in [4.69, 9.17) is 5.14 Å². The van der Waals surface area contributed by atoms with Crippen LogP contribution in [0.1, 0.15) is 24.0 Å². The van der Waals surface area contributed by atoms with Gasteiger partial charge in [0.05, 0.1) is 26.6 Å². The van der Waals surface area contributed by atoms with Crippen LogP contribution in [0, 0.1) is 6.92 Å². The average Bonchev–Trinajstić information content (AvgIpc) is 3.08. The van der Waals surface area contributed by atoms with E-state index in [1.165, 1.54) is 12.1 Å². The van der Waals surface area contributed by atoms with Crippen LogP contribution in [0.25, 0.3) is 11.0 Å². The summed E-state index contributed by atoms with van der Waals surface area (Å²) in [6, 6.07) is 4.84. The van der Waals surface area contributed by atoms with Gasteiger partial charge in [0.15, 0.2) is 5.16 Å². The van der Waals surface area contributed by atoms with Crippen molar-refractivity contribution >= 4 is 44.2 Å². The number of aromatic nitrogens is 3. The maximum absolute atomic E-state index is 11.5. The van der Waals surface area contributed by atoms with Gasteiger partial charge in [0.25, 0.3) is 0 Å². The number of primary sulfonamides is 1. The highest BCUT2D eigenvalue weighted by Gasteiger charge is 2.15. The molecule has 2 aromatic heterocycles. The molecule has 0 amide bonds. The van der Waals surface area contributed by atoms with Crippen LogP contribution >= 0.6 is 23.1 Å². The van der Waals surface area contributed by atoms with Crippen LogP contribution in [0.2, 0.25) is 0 Å². The maximum atomic E-state index is 11.5. The summed E-state index contributed by atoms with van der Waals surface area (Å²) in [6.07, 6.45) is 0.964. The highest BCUT2D eigenvalue weighted by atomic mass is 32.2. The number of benzene rings is 1. The fraction of sp³-hybridized carbons (Fsp3) is 0.333. The van der Waals surface area contributed by atoms with Gasteiger partial charge >= 0.3 is 0 Å². The molecular formula is C15H18N4O2S3. The van der Waals surface area contributed by atoms with Gasteiger partial charge < -0.3 is 4.57 Å². The van der Waals surface area contributed by atoms with Crippen molar-refractivity contribution in [3.8, 4) is 0 Å². The zero-order valence-electron chi connectivity index (χ0n) is 13.4. The molecule has 0 radical (unpaired) electrons. The second kappa shape index (κ2) is 6.83. The first-order valence-corrected chi connectivity index (χ1v) is 10.9. The molecule has 0 aliphatic carbocycles. The highest BCUT2D eigenvalue weighted by Crippen LogP contribution is 2.28. The van der Waals surface area contributed by atoms with Crippen molar-refractivity contribution in [1.82, 2.24) is 14.5 Å². The number of hydrogen-bond donors (Lipinski definition) is 1. The molecule has 2 heterocycles. The first-order valence-electron chi connectivity index (χ1n) is 7.45. The van der Waals surface area contributed by atoms with E-state index < -0.39 is 10.0 Å². The van der Waals surface area contributed by atoms with Gasteiger partial charge in [-0.05, 0) is 31.5 Å². The van der Waals surface area contributed by atoms with Crippen molar-refractivity contribution in [1.29, 1.82) is 0 Å². The summed E-state index contributed by atoms with van der Waals surface area (Å²) in [5, 5.41) is 9.18. The van der Waals surface area contributed by atoms with Crippen LogP contribution in [-0.4, -0.2) is 23.0 Å². The topological polar surface area (TPSA) is 90.9 Å². The minimum absolute atomic E-state index is 0.0859. The van der Waals surface area contributed by atoms with Crippen molar-refractivity contribution in [3.63, 3.8) is 0 Å². The molecule has 0 saturated heterocycles. The molecule has 0 unspecified atom stereocenters. The minimum Gasteiger partial charge on any atom is -0.319 e. The second-order valence-corrected chi connectivity index (χ2v) is 8.95. The van der Waals surface area contributed by atoms with E-state index in [1.54, 1.807) is 29.2 Å². The first-order chi connectivity index (χ1) is 11.4. The molecule has 9 heteroatoms. The molecule has 1 aromatic carbocycles. The van der Waals surface area contributed by atoms with Crippen LogP contribution in [0.15, 0.2) is 33.6 Å². The summed E-state index contributed by atoms with van der Waals surface area (Å²) >= 11 is 3.24. The zero-order chi connectivity index (χ0) is 17.3. The number of hydrogen-bond acceptors (Lipinski definition) is 6. The molecule has 0 bridgehead atoms. The van der Waals surface area contributed by atoms with Crippen molar-refractivity contribution < 1.29 is 8.42 Å². The zero-order valence-corrected chi connectivity index (χ0v) is 15.8. The Morgan fingerprint density at radius 3 is 2.75 bits per heavy atom. The highest BCUT2D eigenvalue weighted by molar-refractivity contribution is 7.98. The quantitative estimate of drug-likeness (QED) is 0.661. The van der Waals surface area contributed by atoms with Crippen LogP contribution in [0.5, 0.6) is 0 Å². The van der Waals surface area contributed by atoms with Crippen molar-refractivity contribution in [3.05, 3.63) is 34.3 Å². The summed E-state index contributed by atoms with van der Waals surface area (Å²) < 4.78 is 25.2.